The Morgan fingerprint density at radius 3 is 2.15 bits per heavy atom. The van der Waals surface area contributed by atoms with Crippen LogP contribution < -0.4 is 9.62 Å². The van der Waals surface area contributed by atoms with Crippen LogP contribution in [-0.2, 0) is 26.2 Å². The molecule has 0 unspecified atom stereocenters. The van der Waals surface area contributed by atoms with Crippen molar-refractivity contribution in [2.24, 2.45) is 0 Å². The Balaban J connectivity index is 2.07. The van der Waals surface area contributed by atoms with E-state index < -0.39 is 28.5 Å². The minimum Gasteiger partial charge on any atom is -0.354 e. The molecule has 0 aromatic heterocycles. The minimum absolute atomic E-state index is 0.101. The van der Waals surface area contributed by atoms with E-state index in [9.17, 15) is 18.0 Å². The molecule has 220 valence electrons. The summed E-state index contributed by atoms with van der Waals surface area (Å²) < 4.78 is 29.2. The minimum atomic E-state index is -4.10. The summed E-state index contributed by atoms with van der Waals surface area (Å²) in [5, 5.41) is 2.97. The summed E-state index contributed by atoms with van der Waals surface area (Å²) in [6.45, 7) is 11.9. The van der Waals surface area contributed by atoms with Crippen LogP contribution in [0.5, 0.6) is 0 Å². The van der Waals surface area contributed by atoms with E-state index in [0.717, 1.165) is 40.7 Å². The van der Waals surface area contributed by atoms with Crippen molar-refractivity contribution in [3.63, 3.8) is 0 Å². The molecule has 0 bridgehead atoms. The highest BCUT2D eigenvalue weighted by atomic mass is 32.2. The van der Waals surface area contributed by atoms with E-state index in [1.165, 1.54) is 9.21 Å². The highest BCUT2D eigenvalue weighted by Crippen LogP contribution is 2.27. The van der Waals surface area contributed by atoms with Crippen molar-refractivity contribution in [3.05, 3.63) is 94.5 Å². The van der Waals surface area contributed by atoms with Crippen molar-refractivity contribution in [1.29, 1.82) is 0 Å². The second-order valence-corrected chi connectivity index (χ2v) is 12.5. The van der Waals surface area contributed by atoms with Crippen molar-refractivity contribution < 1.29 is 18.0 Å². The second kappa shape index (κ2) is 14.3. The first-order chi connectivity index (χ1) is 19.5. The van der Waals surface area contributed by atoms with Crippen LogP contribution in [0, 0.1) is 27.7 Å². The van der Waals surface area contributed by atoms with Gasteiger partial charge in [0.05, 0.1) is 10.6 Å². The third-order valence-electron chi connectivity index (χ3n) is 7.48. The highest BCUT2D eigenvalue weighted by Gasteiger charge is 2.34. The maximum atomic E-state index is 14.2. The summed E-state index contributed by atoms with van der Waals surface area (Å²) in [4.78, 5) is 29.2. The normalized spacial score (nSPS) is 12.0. The number of benzene rings is 3. The standard InChI is InChI=1S/C33H43N3O4S/c1-7-9-20-34-33(38)31(8-2)35(22-28-13-11-10-12-26(28)5)32(37)23-36(29-17-16-25(4)27(6)21-29)41(39,40)30-18-14-24(3)15-19-30/h10-19,21,31H,7-9,20,22-23H2,1-6H3,(H,34,38)/t31-/m0/s1. The molecule has 0 aliphatic rings. The Morgan fingerprint density at radius 2 is 1.54 bits per heavy atom. The molecule has 3 aromatic carbocycles. The summed E-state index contributed by atoms with van der Waals surface area (Å²) in [5.41, 5.74) is 5.16. The monoisotopic (exact) mass is 577 g/mol. The van der Waals surface area contributed by atoms with Gasteiger partial charge in [0.15, 0.2) is 0 Å². The van der Waals surface area contributed by atoms with Crippen molar-refractivity contribution in [2.45, 2.75) is 78.3 Å². The Bertz CT molecular complexity index is 1450. The lowest BCUT2D eigenvalue weighted by molar-refractivity contribution is -0.140. The highest BCUT2D eigenvalue weighted by molar-refractivity contribution is 7.92. The van der Waals surface area contributed by atoms with Crippen molar-refractivity contribution in [3.8, 4) is 0 Å². The van der Waals surface area contributed by atoms with Crippen LogP contribution in [0.15, 0.2) is 71.6 Å². The molecule has 1 N–H and O–H groups in total. The van der Waals surface area contributed by atoms with Gasteiger partial charge >= 0.3 is 0 Å². The molecule has 3 aromatic rings. The van der Waals surface area contributed by atoms with Crippen molar-refractivity contribution >= 4 is 27.5 Å². The number of rotatable bonds is 13. The zero-order chi connectivity index (χ0) is 30.2. The molecule has 0 saturated carbocycles. The van der Waals surface area contributed by atoms with Gasteiger partial charge < -0.3 is 10.2 Å². The third-order valence-corrected chi connectivity index (χ3v) is 9.27. The smallest absolute Gasteiger partial charge is 0.264 e. The number of sulfonamides is 1. The average molecular weight is 578 g/mol. The van der Waals surface area contributed by atoms with Crippen LogP contribution in [0.3, 0.4) is 0 Å². The molecule has 3 rings (SSSR count). The molecule has 1 atom stereocenters. The predicted molar refractivity (Wildman–Crippen MR) is 165 cm³/mol. The van der Waals surface area contributed by atoms with E-state index in [1.54, 1.807) is 36.4 Å². The van der Waals surface area contributed by atoms with Gasteiger partial charge in [-0.15, -0.1) is 0 Å². The van der Waals surface area contributed by atoms with E-state index in [2.05, 4.69) is 5.32 Å². The van der Waals surface area contributed by atoms with Gasteiger partial charge in [-0.1, -0.05) is 68.3 Å². The van der Waals surface area contributed by atoms with Crippen LogP contribution in [0.1, 0.15) is 60.9 Å². The van der Waals surface area contributed by atoms with Crippen LogP contribution in [0.4, 0.5) is 5.69 Å². The van der Waals surface area contributed by atoms with Crippen LogP contribution in [0.2, 0.25) is 0 Å². The fraction of sp³-hybridized carbons (Fsp3) is 0.394. The molecular weight excluding hydrogens is 534 g/mol. The number of hydrogen-bond donors (Lipinski definition) is 1. The molecule has 41 heavy (non-hydrogen) atoms. The van der Waals surface area contributed by atoms with Gasteiger partial charge in [-0.3, -0.25) is 13.9 Å². The van der Waals surface area contributed by atoms with Crippen LogP contribution in [-0.4, -0.2) is 44.3 Å². The lowest BCUT2D eigenvalue weighted by Gasteiger charge is -2.33. The molecule has 2 amide bonds. The molecule has 7 nitrogen and oxygen atoms in total. The van der Waals surface area contributed by atoms with Crippen LogP contribution in [0.25, 0.3) is 0 Å². The van der Waals surface area contributed by atoms with Gasteiger partial charge in [-0.2, -0.15) is 0 Å². The Morgan fingerprint density at radius 1 is 0.854 bits per heavy atom. The SMILES string of the molecule is CCCCNC(=O)[C@H](CC)N(Cc1ccccc1C)C(=O)CN(c1ccc(C)c(C)c1)S(=O)(=O)c1ccc(C)cc1. The van der Waals surface area contributed by atoms with Gasteiger partial charge in [0.2, 0.25) is 11.8 Å². The topological polar surface area (TPSA) is 86.8 Å². The molecule has 0 aliphatic carbocycles. The fourth-order valence-corrected chi connectivity index (χ4v) is 6.05. The first-order valence-electron chi connectivity index (χ1n) is 14.3. The van der Waals surface area contributed by atoms with Gasteiger partial charge in [-0.25, -0.2) is 8.42 Å². The van der Waals surface area contributed by atoms with E-state index >= 15 is 0 Å². The quantitative estimate of drug-likeness (QED) is 0.259. The number of amides is 2. The molecule has 0 heterocycles. The van der Waals surface area contributed by atoms with Crippen molar-refractivity contribution in [1.82, 2.24) is 10.2 Å². The summed E-state index contributed by atoms with van der Waals surface area (Å²) in [5.74, 6) is -0.679. The number of nitrogens with one attached hydrogen (secondary N) is 1. The molecular formula is C33H43N3O4S. The first kappa shape index (κ1) is 31.9. The van der Waals surface area contributed by atoms with Crippen LogP contribution >= 0.6 is 0 Å². The average Bonchev–Trinajstić information content (AvgIpc) is 2.94. The van der Waals surface area contributed by atoms with Gasteiger partial charge in [0.25, 0.3) is 10.0 Å². The summed E-state index contributed by atoms with van der Waals surface area (Å²) in [6.07, 6.45) is 2.16. The van der Waals surface area contributed by atoms with E-state index in [4.69, 9.17) is 0 Å². The largest absolute Gasteiger partial charge is 0.354 e. The van der Waals surface area contributed by atoms with Crippen molar-refractivity contribution in [2.75, 3.05) is 17.4 Å². The molecule has 0 aliphatic heterocycles. The number of hydrogen-bond acceptors (Lipinski definition) is 4. The van der Waals surface area contributed by atoms with Gasteiger partial charge in [-0.05, 0) is 87.1 Å². The van der Waals surface area contributed by atoms with E-state index in [1.807, 2.05) is 71.9 Å². The number of unbranched alkanes of at least 4 members (excludes halogenated alkanes) is 1. The number of anilines is 1. The lowest BCUT2D eigenvalue weighted by Crippen LogP contribution is -2.52. The molecule has 0 radical (unpaired) electrons. The zero-order valence-electron chi connectivity index (χ0n) is 25.1. The number of carbonyl (C=O) groups excluding carboxylic acids is 2. The lowest BCUT2D eigenvalue weighted by atomic mass is 10.1. The molecule has 8 heteroatoms. The summed E-state index contributed by atoms with van der Waals surface area (Å²) in [6, 6.07) is 18.9. The second-order valence-electron chi connectivity index (χ2n) is 10.6. The zero-order valence-corrected chi connectivity index (χ0v) is 25.9. The summed E-state index contributed by atoms with van der Waals surface area (Å²) in [7, 11) is -4.10. The summed E-state index contributed by atoms with van der Waals surface area (Å²) >= 11 is 0. The maximum Gasteiger partial charge on any atom is 0.264 e. The molecule has 0 spiro atoms. The van der Waals surface area contributed by atoms with Gasteiger partial charge in [0, 0.05) is 13.1 Å². The Labute approximate surface area is 245 Å². The first-order valence-corrected chi connectivity index (χ1v) is 15.7. The fourth-order valence-electron chi connectivity index (χ4n) is 4.64. The maximum absolute atomic E-state index is 14.2. The Kier molecular flexibility index (Phi) is 11.1. The number of aryl methyl sites for hydroxylation is 4. The number of carbonyl (C=O) groups is 2. The Hall–Kier alpha value is -3.65. The van der Waals surface area contributed by atoms with Gasteiger partial charge in [0.1, 0.15) is 12.6 Å². The van der Waals surface area contributed by atoms with E-state index in [0.29, 0.717) is 18.7 Å². The molecule has 0 saturated heterocycles. The predicted octanol–water partition coefficient (Wildman–Crippen LogP) is 5.84. The third kappa shape index (κ3) is 7.97. The number of nitrogens with zero attached hydrogens (tertiary/aromatic N) is 2. The van der Waals surface area contributed by atoms with E-state index in [-0.39, 0.29) is 17.3 Å². The molecule has 0 fully saturated rings.